The topological polar surface area (TPSA) is 39.1 Å². The third kappa shape index (κ3) is 3.54. The molecule has 2 atom stereocenters. The fourth-order valence-electron chi connectivity index (χ4n) is 2.52. The van der Waals surface area contributed by atoms with E-state index in [4.69, 9.17) is 4.74 Å². The Kier molecular flexibility index (Phi) is 4.57. The van der Waals surface area contributed by atoms with E-state index in [1.807, 2.05) is 25.0 Å². The number of ether oxygens (including phenoxy) is 1. The number of aryl methyl sites for hydroxylation is 1. The summed E-state index contributed by atoms with van der Waals surface area (Å²) in [6.45, 7) is 0.961. The Morgan fingerprint density at radius 2 is 2.53 bits per heavy atom. The van der Waals surface area contributed by atoms with Gasteiger partial charge in [-0.2, -0.15) is 5.10 Å². The van der Waals surface area contributed by atoms with Crippen molar-refractivity contribution in [3.63, 3.8) is 0 Å². The molecule has 1 N–H and O–H groups in total. The van der Waals surface area contributed by atoms with Crippen molar-refractivity contribution in [3.8, 4) is 0 Å². The summed E-state index contributed by atoms with van der Waals surface area (Å²) in [6, 6.07) is 0.421. The van der Waals surface area contributed by atoms with Gasteiger partial charge in [-0.3, -0.25) is 4.68 Å². The van der Waals surface area contributed by atoms with Crippen LogP contribution in [0.15, 0.2) is 12.4 Å². The third-order valence-corrected chi connectivity index (χ3v) is 3.52. The van der Waals surface area contributed by atoms with E-state index in [-0.39, 0.29) is 0 Å². The fourth-order valence-corrected chi connectivity index (χ4v) is 2.52. The van der Waals surface area contributed by atoms with Gasteiger partial charge >= 0.3 is 0 Å². The first-order chi connectivity index (χ1) is 8.29. The Morgan fingerprint density at radius 1 is 1.65 bits per heavy atom. The maximum Gasteiger partial charge on any atom is 0.0576 e. The van der Waals surface area contributed by atoms with E-state index >= 15 is 0 Å². The summed E-state index contributed by atoms with van der Waals surface area (Å²) in [4.78, 5) is 0. The molecule has 1 fully saturated rings. The van der Waals surface area contributed by atoms with Gasteiger partial charge in [0.1, 0.15) is 0 Å². The molecular formula is C13H23N3O. The molecule has 4 nitrogen and oxygen atoms in total. The number of hydrogen-bond donors (Lipinski definition) is 1. The molecule has 0 amide bonds. The fraction of sp³-hybridized carbons (Fsp3) is 0.769. The normalized spacial score (nSPS) is 21.9. The van der Waals surface area contributed by atoms with E-state index in [1.54, 1.807) is 0 Å². The highest BCUT2D eigenvalue weighted by atomic mass is 16.5. The van der Waals surface area contributed by atoms with Gasteiger partial charge in [0, 0.05) is 31.5 Å². The predicted octanol–water partition coefficient (Wildman–Crippen LogP) is 2.03. The van der Waals surface area contributed by atoms with Crippen LogP contribution in [0.4, 0.5) is 0 Å². The summed E-state index contributed by atoms with van der Waals surface area (Å²) in [6.07, 6.45) is 10.6. The van der Waals surface area contributed by atoms with Gasteiger partial charge in [-0.1, -0.05) is 0 Å². The van der Waals surface area contributed by atoms with Gasteiger partial charge in [0.25, 0.3) is 0 Å². The molecule has 0 saturated carbocycles. The number of rotatable bonds is 6. The second kappa shape index (κ2) is 6.17. The Hall–Kier alpha value is -0.870. The van der Waals surface area contributed by atoms with E-state index in [1.165, 1.54) is 31.2 Å². The quantitative estimate of drug-likeness (QED) is 0.823. The van der Waals surface area contributed by atoms with E-state index in [0.29, 0.717) is 12.1 Å². The minimum atomic E-state index is 0.421. The molecule has 0 spiro atoms. The van der Waals surface area contributed by atoms with Crippen molar-refractivity contribution >= 4 is 0 Å². The standard InChI is InChI=1S/C13H23N3O/c1-14-13(11-9-15-16(2)10-11)7-3-5-12-6-4-8-17-12/h9-10,12-14H,3-8H2,1-2H3. The zero-order chi connectivity index (χ0) is 12.1. The van der Waals surface area contributed by atoms with Crippen LogP contribution in [-0.4, -0.2) is 29.5 Å². The Balaban J connectivity index is 1.75. The van der Waals surface area contributed by atoms with Crippen molar-refractivity contribution in [2.75, 3.05) is 13.7 Å². The van der Waals surface area contributed by atoms with Gasteiger partial charge in [0.2, 0.25) is 0 Å². The van der Waals surface area contributed by atoms with Crippen LogP contribution in [-0.2, 0) is 11.8 Å². The number of nitrogens with one attached hydrogen (secondary N) is 1. The van der Waals surface area contributed by atoms with E-state index in [2.05, 4.69) is 16.6 Å². The van der Waals surface area contributed by atoms with Gasteiger partial charge in [-0.15, -0.1) is 0 Å². The lowest BCUT2D eigenvalue weighted by molar-refractivity contribution is 0.101. The Labute approximate surface area is 103 Å². The summed E-state index contributed by atoms with van der Waals surface area (Å²) in [5, 5.41) is 7.59. The molecule has 0 aromatic carbocycles. The van der Waals surface area contributed by atoms with Crippen molar-refractivity contribution in [2.45, 2.75) is 44.2 Å². The lowest BCUT2D eigenvalue weighted by atomic mass is 10.0. The molecule has 1 aliphatic rings. The van der Waals surface area contributed by atoms with Crippen molar-refractivity contribution in [1.29, 1.82) is 0 Å². The molecule has 0 bridgehead atoms. The van der Waals surface area contributed by atoms with Crippen LogP contribution in [0.25, 0.3) is 0 Å². The first-order valence-corrected chi connectivity index (χ1v) is 6.57. The zero-order valence-corrected chi connectivity index (χ0v) is 10.9. The second-order valence-electron chi connectivity index (χ2n) is 4.85. The average molecular weight is 237 g/mol. The molecule has 96 valence electrons. The lowest BCUT2D eigenvalue weighted by Crippen LogP contribution is -2.16. The highest BCUT2D eigenvalue weighted by Gasteiger charge is 2.16. The number of hydrogen-bond acceptors (Lipinski definition) is 3. The minimum Gasteiger partial charge on any atom is -0.378 e. The molecule has 4 heteroatoms. The second-order valence-corrected chi connectivity index (χ2v) is 4.85. The summed E-state index contributed by atoms with van der Waals surface area (Å²) in [7, 11) is 3.98. The summed E-state index contributed by atoms with van der Waals surface area (Å²) in [5.74, 6) is 0. The maximum atomic E-state index is 5.64. The number of nitrogens with zero attached hydrogens (tertiary/aromatic N) is 2. The highest BCUT2D eigenvalue weighted by molar-refractivity contribution is 5.09. The smallest absolute Gasteiger partial charge is 0.0576 e. The lowest BCUT2D eigenvalue weighted by Gasteiger charge is -2.15. The van der Waals surface area contributed by atoms with Crippen molar-refractivity contribution < 1.29 is 4.74 Å². The molecule has 2 unspecified atom stereocenters. The van der Waals surface area contributed by atoms with Gasteiger partial charge < -0.3 is 10.1 Å². The number of aromatic nitrogens is 2. The van der Waals surface area contributed by atoms with Gasteiger partial charge in [0.05, 0.1) is 12.3 Å². The first kappa shape index (κ1) is 12.6. The average Bonchev–Trinajstić information content (AvgIpc) is 2.96. The van der Waals surface area contributed by atoms with Crippen LogP contribution in [0.5, 0.6) is 0 Å². The van der Waals surface area contributed by atoms with E-state index in [9.17, 15) is 0 Å². The van der Waals surface area contributed by atoms with Gasteiger partial charge in [-0.05, 0) is 39.2 Å². The Morgan fingerprint density at radius 3 is 3.12 bits per heavy atom. The van der Waals surface area contributed by atoms with Gasteiger partial charge in [-0.25, -0.2) is 0 Å². The molecule has 1 saturated heterocycles. The molecule has 0 aliphatic carbocycles. The molecule has 1 aromatic heterocycles. The van der Waals surface area contributed by atoms with Crippen LogP contribution in [0, 0.1) is 0 Å². The molecule has 0 radical (unpaired) electrons. The predicted molar refractivity (Wildman–Crippen MR) is 67.8 cm³/mol. The third-order valence-electron chi connectivity index (χ3n) is 3.52. The molecule has 2 rings (SSSR count). The maximum absolute atomic E-state index is 5.64. The minimum absolute atomic E-state index is 0.421. The molecule has 2 heterocycles. The van der Waals surface area contributed by atoms with Crippen LogP contribution >= 0.6 is 0 Å². The van der Waals surface area contributed by atoms with Crippen molar-refractivity contribution in [1.82, 2.24) is 15.1 Å². The van der Waals surface area contributed by atoms with Crippen molar-refractivity contribution in [3.05, 3.63) is 18.0 Å². The van der Waals surface area contributed by atoms with Gasteiger partial charge in [0.15, 0.2) is 0 Å². The monoisotopic (exact) mass is 237 g/mol. The van der Waals surface area contributed by atoms with Crippen molar-refractivity contribution in [2.24, 2.45) is 7.05 Å². The largest absolute Gasteiger partial charge is 0.378 e. The first-order valence-electron chi connectivity index (χ1n) is 6.57. The molecule has 17 heavy (non-hydrogen) atoms. The summed E-state index contributed by atoms with van der Waals surface area (Å²) < 4.78 is 7.50. The van der Waals surface area contributed by atoms with Crippen LogP contribution in [0.1, 0.15) is 43.7 Å². The highest BCUT2D eigenvalue weighted by Crippen LogP contribution is 2.22. The summed E-state index contributed by atoms with van der Waals surface area (Å²) >= 11 is 0. The SMILES string of the molecule is CNC(CCCC1CCCO1)c1cnn(C)c1. The zero-order valence-electron chi connectivity index (χ0n) is 10.9. The van der Waals surface area contributed by atoms with Crippen LogP contribution in [0.2, 0.25) is 0 Å². The van der Waals surface area contributed by atoms with E-state index < -0.39 is 0 Å². The molecule has 1 aromatic rings. The van der Waals surface area contributed by atoms with Crippen LogP contribution < -0.4 is 5.32 Å². The Bertz CT molecular complexity index is 331. The molecular weight excluding hydrogens is 214 g/mol. The van der Waals surface area contributed by atoms with E-state index in [0.717, 1.165) is 13.0 Å². The molecule has 1 aliphatic heterocycles. The summed E-state index contributed by atoms with van der Waals surface area (Å²) in [5.41, 5.74) is 1.28. The van der Waals surface area contributed by atoms with Crippen LogP contribution in [0.3, 0.4) is 0 Å².